The minimum atomic E-state index is 0.0246. The summed E-state index contributed by atoms with van der Waals surface area (Å²) in [5.41, 5.74) is 0. The zero-order valence-corrected chi connectivity index (χ0v) is 19.1. The molecule has 0 aromatic heterocycles. The van der Waals surface area contributed by atoms with Gasteiger partial charge in [-0.15, -0.1) is 0 Å². The van der Waals surface area contributed by atoms with Gasteiger partial charge in [0.15, 0.2) is 0 Å². The summed E-state index contributed by atoms with van der Waals surface area (Å²) in [6.07, 6.45) is 17.6. The van der Waals surface area contributed by atoms with Crippen molar-refractivity contribution in [2.75, 3.05) is 26.7 Å². The maximum Gasteiger partial charge on any atom is 0.306 e. The van der Waals surface area contributed by atoms with Crippen molar-refractivity contribution in [3.05, 3.63) is 0 Å². The van der Waals surface area contributed by atoms with Crippen molar-refractivity contribution in [2.45, 2.75) is 122 Å². The second-order valence-corrected chi connectivity index (χ2v) is 8.57. The summed E-state index contributed by atoms with van der Waals surface area (Å²) in [5, 5.41) is 0. The molecule has 1 aliphatic heterocycles. The Morgan fingerprint density at radius 2 is 1.57 bits per heavy atom. The van der Waals surface area contributed by atoms with Gasteiger partial charge in [-0.05, 0) is 51.5 Å². The molecule has 0 spiro atoms. The highest BCUT2D eigenvalue weighted by atomic mass is 16.5. The number of carbonyl (C=O) groups excluding carboxylic acids is 1. The summed E-state index contributed by atoms with van der Waals surface area (Å²) in [6.45, 7) is 7.82. The van der Waals surface area contributed by atoms with Crippen LogP contribution in [-0.2, 0) is 14.3 Å². The zero-order chi connectivity index (χ0) is 20.5. The molecule has 0 aromatic rings. The number of rotatable bonds is 18. The fourth-order valence-corrected chi connectivity index (χ4v) is 4.08. The van der Waals surface area contributed by atoms with Crippen molar-refractivity contribution in [1.29, 1.82) is 0 Å². The molecule has 0 aliphatic carbocycles. The van der Waals surface area contributed by atoms with Gasteiger partial charge in [-0.3, -0.25) is 4.79 Å². The number of esters is 1. The number of methoxy groups -OCH3 is 1. The van der Waals surface area contributed by atoms with Gasteiger partial charge in [-0.2, -0.15) is 0 Å². The monoisotopic (exact) mass is 397 g/mol. The summed E-state index contributed by atoms with van der Waals surface area (Å²) >= 11 is 0. The van der Waals surface area contributed by atoms with E-state index in [2.05, 4.69) is 18.7 Å². The molecule has 0 radical (unpaired) electrons. The van der Waals surface area contributed by atoms with Crippen molar-refractivity contribution < 1.29 is 14.3 Å². The van der Waals surface area contributed by atoms with Crippen LogP contribution in [0.5, 0.6) is 0 Å². The van der Waals surface area contributed by atoms with Gasteiger partial charge in [0.25, 0.3) is 0 Å². The van der Waals surface area contributed by atoms with Crippen LogP contribution in [0.1, 0.15) is 110 Å². The summed E-state index contributed by atoms with van der Waals surface area (Å²) < 4.78 is 11.3. The minimum absolute atomic E-state index is 0.0246. The molecule has 0 N–H and O–H groups in total. The maximum absolute atomic E-state index is 12.3. The fourth-order valence-electron chi connectivity index (χ4n) is 4.08. The largest absolute Gasteiger partial charge is 0.462 e. The molecule has 4 heteroatoms. The van der Waals surface area contributed by atoms with Crippen molar-refractivity contribution >= 4 is 5.97 Å². The third-order valence-corrected chi connectivity index (χ3v) is 5.98. The predicted octanol–water partition coefficient (Wildman–Crippen LogP) is 6.12. The second kappa shape index (κ2) is 17.3. The molecule has 28 heavy (non-hydrogen) atoms. The Morgan fingerprint density at radius 3 is 2.14 bits per heavy atom. The summed E-state index contributed by atoms with van der Waals surface area (Å²) in [5.74, 6) is 0.0246. The average Bonchev–Trinajstić information content (AvgIpc) is 3.16. The average molecular weight is 398 g/mol. The third-order valence-electron chi connectivity index (χ3n) is 5.98. The molecule has 1 atom stereocenters. The van der Waals surface area contributed by atoms with Crippen molar-refractivity contribution in [2.24, 2.45) is 0 Å². The Labute approximate surface area is 174 Å². The Kier molecular flexibility index (Phi) is 15.7. The highest BCUT2D eigenvalue weighted by molar-refractivity contribution is 5.69. The lowest BCUT2D eigenvalue weighted by Crippen LogP contribution is -2.24. The first-order chi connectivity index (χ1) is 13.7. The first-order valence-electron chi connectivity index (χ1n) is 12.1. The van der Waals surface area contributed by atoms with E-state index in [1.54, 1.807) is 7.11 Å². The van der Waals surface area contributed by atoms with Crippen molar-refractivity contribution in [1.82, 2.24) is 4.90 Å². The molecule has 1 unspecified atom stereocenters. The SMILES string of the molecule is CCCCCCC(CCCCCC)OC(=O)CCCCCN1CCC(OC)C1. The van der Waals surface area contributed by atoms with Crippen LogP contribution in [0.2, 0.25) is 0 Å². The van der Waals surface area contributed by atoms with E-state index in [0.29, 0.717) is 12.5 Å². The quantitative estimate of drug-likeness (QED) is 0.206. The Bertz CT molecular complexity index is 363. The highest BCUT2D eigenvalue weighted by Crippen LogP contribution is 2.17. The van der Waals surface area contributed by atoms with E-state index in [-0.39, 0.29) is 12.1 Å². The smallest absolute Gasteiger partial charge is 0.306 e. The molecule has 1 rings (SSSR count). The lowest BCUT2D eigenvalue weighted by molar-refractivity contribution is -0.150. The lowest BCUT2D eigenvalue weighted by atomic mass is 10.0. The van der Waals surface area contributed by atoms with E-state index >= 15 is 0 Å². The predicted molar refractivity (Wildman–Crippen MR) is 118 cm³/mol. The summed E-state index contributed by atoms with van der Waals surface area (Å²) in [7, 11) is 1.81. The van der Waals surface area contributed by atoms with Gasteiger partial charge in [0.1, 0.15) is 6.10 Å². The molecule has 0 saturated carbocycles. The number of nitrogens with zero attached hydrogens (tertiary/aromatic N) is 1. The molecule has 1 heterocycles. The van der Waals surface area contributed by atoms with Crippen LogP contribution < -0.4 is 0 Å². The molecule has 0 aromatic carbocycles. The van der Waals surface area contributed by atoms with E-state index in [9.17, 15) is 4.79 Å². The van der Waals surface area contributed by atoms with Crippen LogP contribution in [0.4, 0.5) is 0 Å². The van der Waals surface area contributed by atoms with Gasteiger partial charge >= 0.3 is 5.97 Å². The van der Waals surface area contributed by atoms with Crippen LogP contribution in [0, 0.1) is 0 Å². The molecule has 1 fully saturated rings. The molecule has 1 aliphatic rings. The van der Waals surface area contributed by atoms with Gasteiger partial charge in [0, 0.05) is 26.6 Å². The Hall–Kier alpha value is -0.610. The van der Waals surface area contributed by atoms with Crippen LogP contribution in [-0.4, -0.2) is 49.8 Å². The van der Waals surface area contributed by atoms with Crippen LogP contribution >= 0.6 is 0 Å². The number of unbranched alkanes of at least 4 members (excludes halogenated alkanes) is 8. The fraction of sp³-hybridized carbons (Fsp3) is 0.958. The van der Waals surface area contributed by atoms with Gasteiger partial charge < -0.3 is 14.4 Å². The van der Waals surface area contributed by atoms with E-state index in [1.165, 1.54) is 57.8 Å². The van der Waals surface area contributed by atoms with E-state index < -0.39 is 0 Å². The number of carbonyl (C=O) groups is 1. The van der Waals surface area contributed by atoms with Gasteiger partial charge in [0.05, 0.1) is 6.10 Å². The molecule has 4 nitrogen and oxygen atoms in total. The number of ether oxygens (including phenoxy) is 2. The van der Waals surface area contributed by atoms with Gasteiger partial charge in [-0.25, -0.2) is 0 Å². The number of hydrogen-bond donors (Lipinski definition) is 0. The maximum atomic E-state index is 12.3. The van der Waals surface area contributed by atoms with Crippen molar-refractivity contribution in [3.63, 3.8) is 0 Å². The number of likely N-dealkylation sites (tertiary alicyclic amines) is 1. The third kappa shape index (κ3) is 12.8. The number of hydrogen-bond acceptors (Lipinski definition) is 4. The summed E-state index contributed by atoms with van der Waals surface area (Å²) in [6, 6.07) is 0. The summed E-state index contributed by atoms with van der Waals surface area (Å²) in [4.78, 5) is 14.8. The molecular formula is C24H47NO3. The molecule has 166 valence electrons. The zero-order valence-electron chi connectivity index (χ0n) is 19.1. The molecule has 0 amide bonds. The topological polar surface area (TPSA) is 38.8 Å². The minimum Gasteiger partial charge on any atom is -0.462 e. The van der Waals surface area contributed by atoms with Gasteiger partial charge in [0.2, 0.25) is 0 Å². The van der Waals surface area contributed by atoms with Crippen LogP contribution in [0.15, 0.2) is 0 Å². The first-order valence-corrected chi connectivity index (χ1v) is 12.1. The lowest BCUT2D eigenvalue weighted by Gasteiger charge is -2.18. The standard InChI is InChI=1S/C24H47NO3/c1-4-6-8-11-15-22(16-12-9-7-5-2)28-24(26)17-13-10-14-19-25-20-18-23(21-25)27-3/h22-23H,4-21H2,1-3H3. The highest BCUT2D eigenvalue weighted by Gasteiger charge is 2.21. The van der Waals surface area contributed by atoms with Gasteiger partial charge in [-0.1, -0.05) is 58.8 Å². The molecule has 1 saturated heterocycles. The Balaban J connectivity index is 2.13. The Morgan fingerprint density at radius 1 is 0.929 bits per heavy atom. The van der Waals surface area contributed by atoms with E-state index in [1.807, 2.05) is 0 Å². The van der Waals surface area contributed by atoms with Crippen molar-refractivity contribution in [3.8, 4) is 0 Å². The normalized spacial score (nSPS) is 17.5. The van der Waals surface area contributed by atoms with E-state index in [0.717, 1.165) is 51.7 Å². The van der Waals surface area contributed by atoms with Crippen LogP contribution in [0.3, 0.4) is 0 Å². The van der Waals surface area contributed by atoms with Crippen LogP contribution in [0.25, 0.3) is 0 Å². The first kappa shape index (κ1) is 25.4. The van der Waals surface area contributed by atoms with E-state index in [4.69, 9.17) is 9.47 Å². The second-order valence-electron chi connectivity index (χ2n) is 8.57. The molecular weight excluding hydrogens is 350 g/mol. The molecule has 0 bridgehead atoms.